The minimum Gasteiger partial charge on any atom is -0.350 e. The second-order valence-electron chi connectivity index (χ2n) is 7.35. The number of pyridine rings is 1. The summed E-state index contributed by atoms with van der Waals surface area (Å²) in [6.45, 7) is 5.95. The summed E-state index contributed by atoms with van der Waals surface area (Å²) in [5, 5.41) is 7.50. The van der Waals surface area contributed by atoms with Crippen LogP contribution in [0.15, 0.2) is 42.7 Å². The molecule has 1 aliphatic heterocycles. The molecule has 1 fully saturated rings. The van der Waals surface area contributed by atoms with Crippen molar-refractivity contribution in [2.75, 3.05) is 18.0 Å². The van der Waals surface area contributed by atoms with Gasteiger partial charge in [-0.05, 0) is 44.9 Å². The molecular weight excluding hydrogens is 366 g/mol. The van der Waals surface area contributed by atoms with Gasteiger partial charge in [0, 0.05) is 43.2 Å². The fourth-order valence-corrected chi connectivity index (χ4v) is 3.64. The van der Waals surface area contributed by atoms with Crippen molar-refractivity contribution < 1.29 is 4.79 Å². The molecular formula is C21H25N7O. The predicted molar refractivity (Wildman–Crippen MR) is 110 cm³/mol. The Labute approximate surface area is 170 Å². The molecule has 0 atom stereocenters. The third-order valence-corrected chi connectivity index (χ3v) is 5.17. The van der Waals surface area contributed by atoms with Gasteiger partial charge in [-0.15, -0.1) is 0 Å². The average molecular weight is 391 g/mol. The van der Waals surface area contributed by atoms with Gasteiger partial charge in [0.1, 0.15) is 0 Å². The van der Waals surface area contributed by atoms with E-state index in [-0.39, 0.29) is 11.8 Å². The van der Waals surface area contributed by atoms with Gasteiger partial charge < -0.3 is 10.2 Å². The SMILES string of the molecule is Cc1cc(C)n(-c2ccnc(N3CCC(C(=O)NCc4ccccn4)CC3)n2)n1. The van der Waals surface area contributed by atoms with Crippen LogP contribution in [0.5, 0.6) is 0 Å². The molecule has 0 radical (unpaired) electrons. The number of carbonyl (C=O) groups excluding carboxylic acids is 1. The number of hydrogen-bond acceptors (Lipinski definition) is 6. The van der Waals surface area contributed by atoms with E-state index in [1.165, 1.54) is 0 Å². The van der Waals surface area contributed by atoms with Crippen molar-refractivity contribution in [1.29, 1.82) is 0 Å². The van der Waals surface area contributed by atoms with Crippen LogP contribution in [0.4, 0.5) is 5.95 Å². The van der Waals surface area contributed by atoms with Gasteiger partial charge in [0.2, 0.25) is 11.9 Å². The smallest absolute Gasteiger partial charge is 0.227 e. The molecule has 0 aromatic carbocycles. The van der Waals surface area contributed by atoms with Gasteiger partial charge in [-0.25, -0.2) is 9.67 Å². The topological polar surface area (TPSA) is 88.8 Å². The Hall–Kier alpha value is -3.29. The van der Waals surface area contributed by atoms with Gasteiger partial charge in [-0.2, -0.15) is 10.1 Å². The molecule has 8 nitrogen and oxygen atoms in total. The first-order valence-electron chi connectivity index (χ1n) is 9.89. The molecule has 150 valence electrons. The molecule has 1 saturated heterocycles. The zero-order chi connectivity index (χ0) is 20.2. The first kappa shape index (κ1) is 19.0. The van der Waals surface area contributed by atoms with Crippen LogP contribution in [0.1, 0.15) is 29.9 Å². The van der Waals surface area contributed by atoms with E-state index in [2.05, 4.69) is 25.3 Å². The maximum Gasteiger partial charge on any atom is 0.227 e. The van der Waals surface area contributed by atoms with Gasteiger partial charge in [0.15, 0.2) is 5.82 Å². The van der Waals surface area contributed by atoms with E-state index in [4.69, 9.17) is 4.98 Å². The van der Waals surface area contributed by atoms with Crippen molar-refractivity contribution in [3.05, 3.63) is 59.8 Å². The number of carbonyl (C=O) groups is 1. The van der Waals surface area contributed by atoms with Gasteiger partial charge >= 0.3 is 0 Å². The van der Waals surface area contributed by atoms with E-state index in [0.29, 0.717) is 12.5 Å². The van der Waals surface area contributed by atoms with Crippen LogP contribution in [0.2, 0.25) is 0 Å². The van der Waals surface area contributed by atoms with Gasteiger partial charge in [-0.1, -0.05) is 6.07 Å². The molecule has 29 heavy (non-hydrogen) atoms. The number of hydrogen-bond donors (Lipinski definition) is 1. The van der Waals surface area contributed by atoms with Crippen molar-refractivity contribution in [1.82, 2.24) is 30.0 Å². The number of anilines is 1. The summed E-state index contributed by atoms with van der Waals surface area (Å²) in [6, 6.07) is 9.59. The van der Waals surface area contributed by atoms with Crippen LogP contribution in [-0.4, -0.2) is 43.7 Å². The van der Waals surface area contributed by atoms with Crippen LogP contribution < -0.4 is 10.2 Å². The van der Waals surface area contributed by atoms with Gasteiger partial charge in [0.05, 0.1) is 17.9 Å². The summed E-state index contributed by atoms with van der Waals surface area (Å²) in [5.41, 5.74) is 2.86. The van der Waals surface area contributed by atoms with Crippen LogP contribution in [0, 0.1) is 19.8 Å². The minimum atomic E-state index is 0.00848. The molecule has 4 rings (SSSR count). The summed E-state index contributed by atoms with van der Waals surface area (Å²) in [6.07, 6.45) is 5.06. The first-order valence-corrected chi connectivity index (χ1v) is 9.89. The molecule has 1 amide bonds. The molecule has 0 spiro atoms. The van der Waals surface area contributed by atoms with Crippen LogP contribution in [0.25, 0.3) is 5.82 Å². The highest BCUT2D eigenvalue weighted by molar-refractivity contribution is 5.78. The van der Waals surface area contributed by atoms with Crippen LogP contribution in [-0.2, 0) is 11.3 Å². The molecule has 0 aliphatic carbocycles. The van der Waals surface area contributed by atoms with Gasteiger partial charge in [-0.3, -0.25) is 9.78 Å². The first-order chi connectivity index (χ1) is 14.1. The number of amides is 1. The van der Waals surface area contributed by atoms with Crippen molar-refractivity contribution >= 4 is 11.9 Å². The number of nitrogens with zero attached hydrogens (tertiary/aromatic N) is 6. The van der Waals surface area contributed by atoms with Crippen LogP contribution >= 0.6 is 0 Å². The highest BCUT2D eigenvalue weighted by Crippen LogP contribution is 2.22. The Morgan fingerprint density at radius 1 is 1.14 bits per heavy atom. The highest BCUT2D eigenvalue weighted by Gasteiger charge is 2.26. The number of piperidine rings is 1. The normalized spacial score (nSPS) is 14.8. The predicted octanol–water partition coefficient (Wildman–Crippen LogP) is 2.21. The summed E-state index contributed by atoms with van der Waals surface area (Å²) in [4.78, 5) is 28.0. The van der Waals surface area contributed by atoms with E-state index in [1.54, 1.807) is 12.4 Å². The molecule has 0 bridgehead atoms. The Balaban J connectivity index is 1.35. The number of rotatable bonds is 5. The number of aryl methyl sites for hydroxylation is 2. The quantitative estimate of drug-likeness (QED) is 0.717. The fourth-order valence-electron chi connectivity index (χ4n) is 3.64. The van der Waals surface area contributed by atoms with Gasteiger partial charge in [0.25, 0.3) is 0 Å². The zero-order valence-electron chi connectivity index (χ0n) is 16.7. The largest absolute Gasteiger partial charge is 0.350 e. The molecule has 1 N–H and O–H groups in total. The molecule has 3 aromatic rings. The Morgan fingerprint density at radius 2 is 1.97 bits per heavy atom. The van der Waals surface area contributed by atoms with E-state index >= 15 is 0 Å². The fraction of sp³-hybridized carbons (Fsp3) is 0.381. The van der Waals surface area contributed by atoms with Crippen molar-refractivity contribution in [3.63, 3.8) is 0 Å². The molecule has 1 aliphatic rings. The second kappa shape index (κ2) is 8.38. The number of nitrogens with one attached hydrogen (secondary N) is 1. The third-order valence-electron chi connectivity index (χ3n) is 5.17. The summed E-state index contributed by atoms with van der Waals surface area (Å²) < 4.78 is 1.83. The summed E-state index contributed by atoms with van der Waals surface area (Å²) in [5.74, 6) is 1.54. The Bertz CT molecular complexity index is 978. The average Bonchev–Trinajstić information content (AvgIpc) is 3.11. The maximum atomic E-state index is 12.5. The van der Waals surface area contributed by atoms with Crippen molar-refractivity contribution in [2.24, 2.45) is 5.92 Å². The minimum absolute atomic E-state index is 0.00848. The highest BCUT2D eigenvalue weighted by atomic mass is 16.1. The molecule has 0 saturated carbocycles. The Morgan fingerprint density at radius 3 is 2.66 bits per heavy atom. The van der Waals surface area contributed by atoms with E-state index in [0.717, 1.165) is 48.8 Å². The summed E-state index contributed by atoms with van der Waals surface area (Å²) >= 11 is 0. The van der Waals surface area contributed by atoms with Crippen molar-refractivity contribution in [2.45, 2.75) is 33.2 Å². The lowest BCUT2D eigenvalue weighted by atomic mass is 9.96. The van der Waals surface area contributed by atoms with Crippen molar-refractivity contribution in [3.8, 4) is 5.82 Å². The third kappa shape index (κ3) is 4.42. The van der Waals surface area contributed by atoms with E-state index < -0.39 is 0 Å². The maximum absolute atomic E-state index is 12.5. The number of aromatic nitrogens is 5. The lowest BCUT2D eigenvalue weighted by molar-refractivity contribution is -0.125. The molecule has 0 unspecified atom stereocenters. The lowest BCUT2D eigenvalue weighted by Crippen LogP contribution is -2.41. The van der Waals surface area contributed by atoms with Crippen LogP contribution in [0.3, 0.4) is 0 Å². The zero-order valence-corrected chi connectivity index (χ0v) is 16.7. The summed E-state index contributed by atoms with van der Waals surface area (Å²) in [7, 11) is 0. The Kier molecular flexibility index (Phi) is 5.50. The molecule has 8 heteroatoms. The monoisotopic (exact) mass is 391 g/mol. The molecule has 3 aromatic heterocycles. The molecule has 4 heterocycles. The second-order valence-corrected chi connectivity index (χ2v) is 7.35. The van der Waals surface area contributed by atoms with E-state index in [9.17, 15) is 4.79 Å². The lowest BCUT2D eigenvalue weighted by Gasteiger charge is -2.31. The standard InChI is InChI=1S/C21H25N7O/c1-15-13-16(2)28(26-15)19-6-10-23-21(25-19)27-11-7-17(8-12-27)20(29)24-14-18-5-3-4-9-22-18/h3-6,9-10,13,17H,7-8,11-12,14H2,1-2H3,(H,24,29). The van der Waals surface area contributed by atoms with E-state index in [1.807, 2.05) is 48.9 Å².